The van der Waals surface area contributed by atoms with Gasteiger partial charge in [0.15, 0.2) is 0 Å². The van der Waals surface area contributed by atoms with Crippen LogP contribution in [-0.4, -0.2) is 9.97 Å². The number of nitrogens with zero attached hydrogens (tertiary/aromatic N) is 1. The first-order chi connectivity index (χ1) is 7.76. The van der Waals surface area contributed by atoms with Gasteiger partial charge in [-0.15, -0.1) is 11.6 Å². The number of fused-ring (bicyclic) bond motifs is 1. The molecule has 86 valence electrons. The third-order valence-electron chi connectivity index (χ3n) is 2.66. The molecule has 0 spiro atoms. The van der Waals surface area contributed by atoms with Gasteiger partial charge in [0, 0.05) is 4.47 Å². The minimum absolute atomic E-state index is 0.430. The minimum Gasteiger partial charge on any atom is -0.341 e. The van der Waals surface area contributed by atoms with Gasteiger partial charge in [0.1, 0.15) is 5.82 Å². The molecule has 0 aliphatic carbocycles. The van der Waals surface area contributed by atoms with Gasteiger partial charge in [-0.2, -0.15) is 0 Å². The lowest BCUT2D eigenvalue weighted by atomic mass is 10.1. The lowest BCUT2D eigenvalue weighted by Crippen LogP contribution is -1.89. The van der Waals surface area contributed by atoms with Crippen LogP contribution in [0.15, 0.2) is 16.6 Å². The fourth-order valence-electron chi connectivity index (χ4n) is 1.81. The van der Waals surface area contributed by atoms with Gasteiger partial charge in [0.2, 0.25) is 0 Å². The number of unbranched alkanes of at least 4 members (excludes halogenated alkanes) is 1. The van der Waals surface area contributed by atoms with Crippen LogP contribution in [0.3, 0.4) is 0 Å². The van der Waals surface area contributed by atoms with E-state index in [0.717, 1.165) is 27.8 Å². The van der Waals surface area contributed by atoms with E-state index in [-0.39, 0.29) is 0 Å². The Morgan fingerprint density at radius 3 is 2.94 bits per heavy atom. The van der Waals surface area contributed by atoms with Crippen LogP contribution in [0.1, 0.15) is 31.2 Å². The summed E-state index contributed by atoms with van der Waals surface area (Å²) in [6, 6.07) is 4.11. The summed E-state index contributed by atoms with van der Waals surface area (Å²) >= 11 is 9.38. The SMILES string of the molecule is CCCCc1c(Br)ccc2[nH]c(CCl)nc12. The van der Waals surface area contributed by atoms with Gasteiger partial charge in [0.25, 0.3) is 0 Å². The summed E-state index contributed by atoms with van der Waals surface area (Å²) in [5, 5.41) is 0. The monoisotopic (exact) mass is 300 g/mol. The molecule has 0 bridgehead atoms. The van der Waals surface area contributed by atoms with Crippen molar-refractivity contribution < 1.29 is 0 Å². The van der Waals surface area contributed by atoms with Crippen molar-refractivity contribution >= 4 is 38.6 Å². The quantitative estimate of drug-likeness (QED) is 0.833. The zero-order chi connectivity index (χ0) is 11.5. The zero-order valence-electron chi connectivity index (χ0n) is 9.19. The smallest absolute Gasteiger partial charge is 0.122 e. The predicted molar refractivity (Wildman–Crippen MR) is 72.0 cm³/mol. The fourth-order valence-corrected chi connectivity index (χ4v) is 2.46. The van der Waals surface area contributed by atoms with E-state index in [4.69, 9.17) is 11.6 Å². The molecular weight excluding hydrogens is 288 g/mol. The van der Waals surface area contributed by atoms with E-state index in [9.17, 15) is 0 Å². The molecule has 0 fully saturated rings. The molecular formula is C12H14BrClN2. The van der Waals surface area contributed by atoms with Gasteiger partial charge in [-0.25, -0.2) is 4.98 Å². The van der Waals surface area contributed by atoms with E-state index in [2.05, 4.69) is 38.9 Å². The number of aryl methyl sites for hydroxylation is 1. The predicted octanol–water partition coefficient (Wildman–Crippen LogP) is 4.41. The Morgan fingerprint density at radius 1 is 1.44 bits per heavy atom. The highest BCUT2D eigenvalue weighted by Crippen LogP contribution is 2.26. The van der Waals surface area contributed by atoms with Gasteiger partial charge < -0.3 is 4.98 Å². The maximum Gasteiger partial charge on any atom is 0.122 e. The molecule has 1 N–H and O–H groups in total. The lowest BCUT2D eigenvalue weighted by molar-refractivity contribution is 0.795. The first-order valence-electron chi connectivity index (χ1n) is 5.48. The van der Waals surface area contributed by atoms with Gasteiger partial charge in [-0.3, -0.25) is 0 Å². The molecule has 4 heteroatoms. The zero-order valence-corrected chi connectivity index (χ0v) is 11.5. The van der Waals surface area contributed by atoms with Gasteiger partial charge >= 0.3 is 0 Å². The van der Waals surface area contributed by atoms with E-state index in [1.165, 1.54) is 18.4 Å². The van der Waals surface area contributed by atoms with E-state index in [0.29, 0.717) is 5.88 Å². The molecule has 0 amide bonds. The summed E-state index contributed by atoms with van der Waals surface area (Å²) < 4.78 is 1.14. The van der Waals surface area contributed by atoms with Crippen molar-refractivity contribution in [3.05, 3.63) is 28.0 Å². The molecule has 1 heterocycles. The number of nitrogens with one attached hydrogen (secondary N) is 1. The third-order valence-corrected chi connectivity index (χ3v) is 3.65. The number of imidazole rings is 1. The molecule has 0 aliphatic rings. The van der Waals surface area contributed by atoms with Crippen LogP contribution < -0.4 is 0 Å². The van der Waals surface area contributed by atoms with Crippen LogP contribution in [0.2, 0.25) is 0 Å². The highest BCUT2D eigenvalue weighted by Gasteiger charge is 2.09. The van der Waals surface area contributed by atoms with Crippen molar-refractivity contribution in [2.75, 3.05) is 0 Å². The minimum atomic E-state index is 0.430. The number of aromatic amines is 1. The van der Waals surface area contributed by atoms with E-state index < -0.39 is 0 Å². The van der Waals surface area contributed by atoms with Crippen LogP contribution >= 0.6 is 27.5 Å². The summed E-state index contributed by atoms with van der Waals surface area (Å²) in [5.74, 6) is 1.27. The molecule has 2 nitrogen and oxygen atoms in total. The molecule has 1 aromatic heterocycles. The normalized spacial score (nSPS) is 11.2. The molecule has 0 atom stereocenters. The Bertz CT molecular complexity index is 493. The number of benzene rings is 1. The second-order valence-corrected chi connectivity index (χ2v) is 4.96. The number of hydrogen-bond acceptors (Lipinski definition) is 1. The standard InChI is InChI=1S/C12H14BrClN2/c1-2-3-4-8-9(13)5-6-10-12(8)16-11(7-14)15-10/h5-6H,2-4,7H2,1H3,(H,15,16). The summed E-state index contributed by atoms with van der Waals surface area (Å²) in [7, 11) is 0. The van der Waals surface area contributed by atoms with Crippen LogP contribution in [0.4, 0.5) is 0 Å². The van der Waals surface area contributed by atoms with Crippen LogP contribution in [0.25, 0.3) is 11.0 Å². The molecule has 0 radical (unpaired) electrons. The van der Waals surface area contributed by atoms with Gasteiger partial charge in [0.05, 0.1) is 16.9 Å². The van der Waals surface area contributed by atoms with Gasteiger partial charge in [-0.1, -0.05) is 29.3 Å². The fraction of sp³-hybridized carbons (Fsp3) is 0.417. The lowest BCUT2D eigenvalue weighted by Gasteiger charge is -2.04. The summed E-state index contributed by atoms with van der Waals surface area (Å²) in [6.07, 6.45) is 3.43. The number of hydrogen-bond donors (Lipinski definition) is 1. The highest BCUT2D eigenvalue weighted by atomic mass is 79.9. The van der Waals surface area contributed by atoms with Gasteiger partial charge in [-0.05, 0) is 30.5 Å². The molecule has 0 saturated carbocycles. The Balaban J connectivity index is 2.50. The maximum absolute atomic E-state index is 5.79. The van der Waals surface area contributed by atoms with Crippen LogP contribution in [-0.2, 0) is 12.3 Å². The molecule has 0 saturated heterocycles. The number of alkyl halides is 1. The average molecular weight is 302 g/mol. The van der Waals surface area contributed by atoms with Crippen LogP contribution in [0, 0.1) is 0 Å². The highest BCUT2D eigenvalue weighted by molar-refractivity contribution is 9.10. The largest absolute Gasteiger partial charge is 0.341 e. The second kappa shape index (κ2) is 5.19. The Labute approximate surface area is 109 Å². The Morgan fingerprint density at radius 2 is 2.25 bits per heavy atom. The number of rotatable bonds is 4. The molecule has 16 heavy (non-hydrogen) atoms. The van der Waals surface area contributed by atoms with Crippen molar-refractivity contribution in [2.45, 2.75) is 32.1 Å². The first-order valence-corrected chi connectivity index (χ1v) is 6.81. The molecule has 0 aliphatic heterocycles. The third kappa shape index (κ3) is 2.25. The Hall–Kier alpha value is -0.540. The number of aromatic nitrogens is 2. The van der Waals surface area contributed by atoms with Crippen molar-refractivity contribution in [3.8, 4) is 0 Å². The Kier molecular flexibility index (Phi) is 3.87. The summed E-state index contributed by atoms with van der Waals surface area (Å²) in [6.45, 7) is 2.20. The topological polar surface area (TPSA) is 28.7 Å². The van der Waals surface area contributed by atoms with Crippen molar-refractivity contribution in [2.24, 2.45) is 0 Å². The average Bonchev–Trinajstić information content (AvgIpc) is 2.71. The number of halogens is 2. The second-order valence-electron chi connectivity index (χ2n) is 3.84. The summed E-state index contributed by atoms with van der Waals surface area (Å²) in [4.78, 5) is 7.75. The van der Waals surface area contributed by atoms with E-state index in [1.807, 2.05) is 6.07 Å². The van der Waals surface area contributed by atoms with Crippen LogP contribution in [0.5, 0.6) is 0 Å². The molecule has 0 unspecified atom stereocenters. The van der Waals surface area contributed by atoms with Crippen molar-refractivity contribution in [1.82, 2.24) is 9.97 Å². The maximum atomic E-state index is 5.79. The first kappa shape index (κ1) is 11.9. The molecule has 2 aromatic rings. The summed E-state index contributed by atoms with van der Waals surface area (Å²) in [5.41, 5.74) is 3.41. The van der Waals surface area contributed by atoms with E-state index in [1.54, 1.807) is 0 Å². The molecule has 1 aromatic carbocycles. The molecule has 2 rings (SSSR count). The van der Waals surface area contributed by atoms with E-state index >= 15 is 0 Å². The van der Waals surface area contributed by atoms with Crippen molar-refractivity contribution in [3.63, 3.8) is 0 Å². The van der Waals surface area contributed by atoms with Crippen molar-refractivity contribution in [1.29, 1.82) is 0 Å². The number of H-pyrrole nitrogens is 1.